The molecule has 3 rings (SSSR count). The SMILES string of the molecule is Cc1cc2c(cc1F)nc(CCCl)n2CC1CCCS1. The molecule has 1 atom stereocenters. The van der Waals surface area contributed by atoms with Gasteiger partial charge in [-0.25, -0.2) is 9.37 Å². The lowest BCUT2D eigenvalue weighted by molar-refractivity contribution is 0.618. The topological polar surface area (TPSA) is 17.8 Å². The molecule has 1 unspecified atom stereocenters. The van der Waals surface area contributed by atoms with Crippen molar-refractivity contribution in [1.29, 1.82) is 0 Å². The van der Waals surface area contributed by atoms with Gasteiger partial charge < -0.3 is 4.57 Å². The number of nitrogens with zero attached hydrogens (tertiary/aromatic N) is 2. The van der Waals surface area contributed by atoms with Gasteiger partial charge in [0.15, 0.2) is 0 Å². The van der Waals surface area contributed by atoms with E-state index in [4.69, 9.17) is 11.6 Å². The van der Waals surface area contributed by atoms with Gasteiger partial charge in [0.2, 0.25) is 0 Å². The second kappa shape index (κ2) is 5.94. The largest absolute Gasteiger partial charge is 0.327 e. The Kier molecular flexibility index (Phi) is 4.22. The summed E-state index contributed by atoms with van der Waals surface area (Å²) in [6.45, 7) is 2.76. The van der Waals surface area contributed by atoms with Crippen LogP contribution in [0.25, 0.3) is 11.0 Å². The van der Waals surface area contributed by atoms with Crippen molar-refractivity contribution in [3.05, 3.63) is 29.3 Å². The third kappa shape index (κ3) is 2.68. The van der Waals surface area contributed by atoms with Crippen LogP contribution >= 0.6 is 23.4 Å². The molecule has 2 aromatic rings. The fourth-order valence-corrected chi connectivity index (χ4v) is 4.19. The van der Waals surface area contributed by atoms with Crippen molar-refractivity contribution in [1.82, 2.24) is 9.55 Å². The Balaban J connectivity index is 2.04. The molecule has 108 valence electrons. The Hall–Kier alpha value is -0.740. The number of halogens is 2. The molecule has 1 aliphatic rings. The van der Waals surface area contributed by atoms with E-state index in [9.17, 15) is 4.39 Å². The van der Waals surface area contributed by atoms with Crippen molar-refractivity contribution >= 4 is 34.4 Å². The van der Waals surface area contributed by atoms with E-state index in [0.29, 0.717) is 16.7 Å². The lowest BCUT2D eigenvalue weighted by Crippen LogP contribution is -2.13. The van der Waals surface area contributed by atoms with Crippen molar-refractivity contribution < 1.29 is 4.39 Å². The average Bonchev–Trinajstić information content (AvgIpc) is 3.02. The summed E-state index contributed by atoms with van der Waals surface area (Å²) >= 11 is 7.91. The first kappa shape index (κ1) is 14.2. The predicted molar refractivity (Wildman–Crippen MR) is 84.3 cm³/mol. The van der Waals surface area contributed by atoms with Crippen LogP contribution in [-0.2, 0) is 13.0 Å². The van der Waals surface area contributed by atoms with Crippen molar-refractivity contribution in [3.8, 4) is 0 Å². The summed E-state index contributed by atoms with van der Waals surface area (Å²) < 4.78 is 15.9. The molecule has 0 N–H and O–H groups in total. The zero-order valence-corrected chi connectivity index (χ0v) is 13.1. The summed E-state index contributed by atoms with van der Waals surface area (Å²) in [7, 11) is 0. The third-order valence-corrected chi connectivity index (χ3v) is 5.41. The minimum absolute atomic E-state index is 0.185. The van der Waals surface area contributed by atoms with Crippen LogP contribution in [0.3, 0.4) is 0 Å². The Morgan fingerprint density at radius 3 is 3.05 bits per heavy atom. The van der Waals surface area contributed by atoms with Gasteiger partial charge in [0.1, 0.15) is 11.6 Å². The maximum absolute atomic E-state index is 13.7. The highest BCUT2D eigenvalue weighted by atomic mass is 35.5. The second-order valence-corrected chi connectivity index (χ2v) is 7.09. The number of hydrogen-bond acceptors (Lipinski definition) is 2. The third-order valence-electron chi connectivity index (χ3n) is 3.84. The molecule has 2 nitrogen and oxygen atoms in total. The van der Waals surface area contributed by atoms with E-state index >= 15 is 0 Å². The number of alkyl halides is 1. The Morgan fingerprint density at radius 2 is 2.35 bits per heavy atom. The van der Waals surface area contributed by atoms with E-state index in [1.165, 1.54) is 18.6 Å². The van der Waals surface area contributed by atoms with E-state index < -0.39 is 0 Å². The van der Waals surface area contributed by atoms with E-state index in [-0.39, 0.29) is 5.82 Å². The molecular weight excluding hydrogens is 295 g/mol. The first-order chi connectivity index (χ1) is 9.69. The summed E-state index contributed by atoms with van der Waals surface area (Å²) in [6, 6.07) is 3.45. The monoisotopic (exact) mass is 312 g/mol. The molecule has 0 saturated carbocycles. The van der Waals surface area contributed by atoms with Crippen LogP contribution in [0.1, 0.15) is 24.2 Å². The molecule has 0 spiro atoms. The van der Waals surface area contributed by atoms with Gasteiger partial charge in [0.25, 0.3) is 0 Å². The molecule has 1 aliphatic heterocycles. The molecule has 1 aromatic heterocycles. The molecule has 1 saturated heterocycles. The number of aromatic nitrogens is 2. The van der Waals surface area contributed by atoms with Crippen molar-refractivity contribution in [2.24, 2.45) is 0 Å². The molecule has 0 radical (unpaired) electrons. The smallest absolute Gasteiger partial charge is 0.128 e. The van der Waals surface area contributed by atoms with E-state index in [2.05, 4.69) is 9.55 Å². The molecule has 1 aromatic carbocycles. The molecule has 2 heterocycles. The number of thioether (sulfide) groups is 1. The molecule has 0 bridgehead atoms. The minimum Gasteiger partial charge on any atom is -0.327 e. The second-order valence-electron chi connectivity index (χ2n) is 5.30. The Bertz CT molecular complexity index is 620. The summed E-state index contributed by atoms with van der Waals surface area (Å²) in [5.41, 5.74) is 2.46. The number of imidazole rings is 1. The first-order valence-electron chi connectivity index (χ1n) is 7.02. The highest BCUT2D eigenvalue weighted by molar-refractivity contribution is 8.00. The van der Waals surface area contributed by atoms with Gasteiger partial charge in [-0.3, -0.25) is 0 Å². The molecule has 20 heavy (non-hydrogen) atoms. The van der Waals surface area contributed by atoms with Crippen LogP contribution in [0.15, 0.2) is 12.1 Å². The predicted octanol–water partition coefficient (Wildman–Crippen LogP) is 4.16. The maximum Gasteiger partial charge on any atom is 0.128 e. The Labute approximate surface area is 127 Å². The molecule has 0 amide bonds. The van der Waals surface area contributed by atoms with Gasteiger partial charge in [0.05, 0.1) is 11.0 Å². The standard InChI is InChI=1S/C15H18ClFN2S/c1-10-7-14-13(8-12(10)17)18-15(4-5-16)19(14)9-11-3-2-6-20-11/h7-8,11H,2-6,9H2,1H3. The van der Waals surface area contributed by atoms with Crippen LogP contribution in [0.2, 0.25) is 0 Å². The van der Waals surface area contributed by atoms with Gasteiger partial charge >= 0.3 is 0 Å². The lowest BCUT2D eigenvalue weighted by atomic mass is 10.2. The molecule has 0 aliphatic carbocycles. The van der Waals surface area contributed by atoms with Gasteiger partial charge in [-0.15, -0.1) is 11.6 Å². The highest BCUT2D eigenvalue weighted by Crippen LogP contribution is 2.30. The van der Waals surface area contributed by atoms with Crippen molar-refractivity contribution in [2.45, 2.75) is 38.0 Å². The van der Waals surface area contributed by atoms with Gasteiger partial charge in [-0.1, -0.05) is 0 Å². The molecule has 1 fully saturated rings. The van der Waals surface area contributed by atoms with Crippen LogP contribution in [0.4, 0.5) is 4.39 Å². The minimum atomic E-state index is -0.185. The zero-order valence-electron chi connectivity index (χ0n) is 11.5. The zero-order chi connectivity index (χ0) is 14.1. The van der Waals surface area contributed by atoms with Crippen LogP contribution in [0, 0.1) is 12.7 Å². The fraction of sp³-hybridized carbons (Fsp3) is 0.533. The van der Waals surface area contributed by atoms with Gasteiger partial charge in [-0.05, 0) is 37.1 Å². The van der Waals surface area contributed by atoms with Crippen molar-refractivity contribution in [2.75, 3.05) is 11.6 Å². The van der Waals surface area contributed by atoms with Crippen LogP contribution < -0.4 is 0 Å². The summed E-state index contributed by atoms with van der Waals surface area (Å²) in [4.78, 5) is 4.58. The average molecular weight is 313 g/mol. The summed E-state index contributed by atoms with van der Waals surface area (Å²) in [6.07, 6.45) is 3.28. The number of benzene rings is 1. The fourth-order valence-electron chi connectivity index (χ4n) is 2.77. The molecule has 5 heteroatoms. The normalized spacial score (nSPS) is 19.1. The van der Waals surface area contributed by atoms with E-state index in [1.807, 2.05) is 17.8 Å². The quantitative estimate of drug-likeness (QED) is 0.789. The van der Waals surface area contributed by atoms with E-state index in [1.54, 1.807) is 13.0 Å². The highest BCUT2D eigenvalue weighted by Gasteiger charge is 2.20. The maximum atomic E-state index is 13.7. The number of fused-ring (bicyclic) bond motifs is 1. The first-order valence-corrected chi connectivity index (χ1v) is 8.60. The van der Waals surface area contributed by atoms with Gasteiger partial charge in [-0.2, -0.15) is 11.8 Å². The van der Waals surface area contributed by atoms with Crippen molar-refractivity contribution in [3.63, 3.8) is 0 Å². The van der Waals surface area contributed by atoms with Crippen LogP contribution in [-0.4, -0.2) is 26.4 Å². The van der Waals surface area contributed by atoms with Gasteiger partial charge in [0, 0.05) is 30.2 Å². The van der Waals surface area contributed by atoms with Crippen LogP contribution in [0.5, 0.6) is 0 Å². The molecular formula is C15H18ClFN2S. The van der Waals surface area contributed by atoms with E-state index in [0.717, 1.165) is 29.8 Å². The number of rotatable bonds is 4. The number of hydrogen-bond donors (Lipinski definition) is 0. The Morgan fingerprint density at radius 1 is 1.50 bits per heavy atom. The summed E-state index contributed by atoms with van der Waals surface area (Å²) in [5, 5.41) is 0.645. The summed E-state index contributed by atoms with van der Waals surface area (Å²) in [5.74, 6) is 2.58. The number of aryl methyl sites for hydroxylation is 2. The lowest BCUT2D eigenvalue weighted by Gasteiger charge is -2.13.